The van der Waals surface area contributed by atoms with E-state index < -0.39 is 11.7 Å². The third-order valence-electron chi connectivity index (χ3n) is 4.49. The highest BCUT2D eigenvalue weighted by Crippen LogP contribution is 2.50. The average molecular weight is 328 g/mol. The highest BCUT2D eigenvalue weighted by Gasteiger charge is 2.66. The number of ketones is 2. The fourth-order valence-corrected chi connectivity index (χ4v) is 3.16. The molecule has 3 aromatic carbocycles. The van der Waals surface area contributed by atoms with Gasteiger partial charge in [0.05, 0.1) is 0 Å². The molecule has 1 aliphatic rings. The first-order chi connectivity index (χ1) is 12.2. The van der Waals surface area contributed by atoms with Crippen LogP contribution >= 0.6 is 0 Å². The van der Waals surface area contributed by atoms with Crippen molar-refractivity contribution in [2.75, 3.05) is 0 Å². The summed E-state index contributed by atoms with van der Waals surface area (Å²) in [5.41, 5.74) is 0.550. The van der Waals surface area contributed by atoms with Gasteiger partial charge in [0.25, 0.3) is 0 Å². The zero-order chi connectivity index (χ0) is 17.3. The van der Waals surface area contributed by atoms with Crippen molar-refractivity contribution in [2.45, 2.75) is 11.7 Å². The Bertz CT molecular complexity index is 904. The minimum absolute atomic E-state index is 0.172. The maximum absolute atomic E-state index is 13.2. The zero-order valence-corrected chi connectivity index (χ0v) is 13.5. The lowest BCUT2D eigenvalue weighted by Gasteiger charge is -2.12. The number of benzene rings is 3. The molecule has 0 saturated carbocycles. The minimum atomic E-state index is -1.24. The summed E-state index contributed by atoms with van der Waals surface area (Å²) in [6, 6.07) is 27.1. The van der Waals surface area contributed by atoms with Crippen molar-refractivity contribution >= 4 is 11.6 Å². The van der Waals surface area contributed by atoms with Crippen LogP contribution in [0.15, 0.2) is 91.0 Å². The van der Waals surface area contributed by atoms with Crippen molar-refractivity contribution < 1.29 is 14.3 Å². The molecule has 0 radical (unpaired) electrons. The van der Waals surface area contributed by atoms with Gasteiger partial charge >= 0.3 is 0 Å². The summed E-state index contributed by atoms with van der Waals surface area (Å²) in [6.07, 6.45) is -0.801. The van der Waals surface area contributed by atoms with Crippen LogP contribution in [0.2, 0.25) is 0 Å². The van der Waals surface area contributed by atoms with E-state index in [0.717, 1.165) is 0 Å². The molecule has 3 aromatic rings. The quantitative estimate of drug-likeness (QED) is 0.524. The van der Waals surface area contributed by atoms with Crippen LogP contribution < -0.4 is 0 Å². The van der Waals surface area contributed by atoms with Crippen LogP contribution in [-0.2, 0) is 10.3 Å². The summed E-state index contributed by atoms with van der Waals surface area (Å²) in [5, 5.41) is 0. The Hall–Kier alpha value is -3.04. The third kappa shape index (κ3) is 2.59. The first kappa shape index (κ1) is 15.5. The molecule has 25 heavy (non-hydrogen) atoms. The summed E-state index contributed by atoms with van der Waals surface area (Å²) >= 11 is 0. The van der Waals surface area contributed by atoms with Gasteiger partial charge in [-0.1, -0.05) is 91.0 Å². The monoisotopic (exact) mass is 328 g/mol. The molecule has 0 amide bonds. The standard InChI is InChI=1S/C22H16O3/c23-19(16-10-4-1-5-11-16)21-22(25-21,18-14-8-3-9-15-18)20(24)17-12-6-2-7-13-17/h1-15,21H/t21-,22+/m0/s1. The van der Waals surface area contributed by atoms with Crippen molar-refractivity contribution in [3.63, 3.8) is 0 Å². The summed E-state index contributed by atoms with van der Waals surface area (Å²) in [4.78, 5) is 26.1. The van der Waals surface area contributed by atoms with Crippen molar-refractivity contribution in [1.29, 1.82) is 0 Å². The van der Waals surface area contributed by atoms with E-state index in [1.165, 1.54) is 0 Å². The second-order valence-corrected chi connectivity index (χ2v) is 6.02. The number of epoxide rings is 1. The number of hydrogen-bond donors (Lipinski definition) is 0. The highest BCUT2D eigenvalue weighted by atomic mass is 16.6. The predicted molar refractivity (Wildman–Crippen MR) is 94.5 cm³/mol. The van der Waals surface area contributed by atoms with Crippen LogP contribution in [0, 0.1) is 0 Å². The molecule has 3 nitrogen and oxygen atoms in total. The van der Waals surface area contributed by atoms with Crippen LogP contribution in [0.25, 0.3) is 0 Å². The van der Waals surface area contributed by atoms with Gasteiger partial charge in [-0.05, 0) is 5.56 Å². The highest BCUT2D eigenvalue weighted by molar-refractivity contribution is 6.13. The zero-order valence-electron chi connectivity index (χ0n) is 13.5. The maximum Gasteiger partial charge on any atom is 0.202 e. The van der Waals surface area contributed by atoms with Gasteiger partial charge in [0, 0.05) is 11.1 Å². The van der Waals surface area contributed by atoms with Crippen LogP contribution in [0.5, 0.6) is 0 Å². The Balaban J connectivity index is 1.75. The molecule has 1 saturated heterocycles. The maximum atomic E-state index is 13.2. The lowest BCUT2D eigenvalue weighted by Crippen LogP contribution is -2.28. The molecule has 0 aromatic heterocycles. The molecule has 0 bridgehead atoms. The Kier molecular flexibility index (Phi) is 3.79. The number of ether oxygens (including phenoxy) is 1. The van der Waals surface area contributed by atoms with E-state index in [-0.39, 0.29) is 11.6 Å². The first-order valence-corrected chi connectivity index (χ1v) is 8.16. The largest absolute Gasteiger partial charge is 0.343 e. The van der Waals surface area contributed by atoms with E-state index in [4.69, 9.17) is 4.74 Å². The van der Waals surface area contributed by atoms with Crippen LogP contribution in [0.4, 0.5) is 0 Å². The number of Topliss-reactive ketones (excluding diaryl/α,β-unsaturated/α-hetero) is 2. The number of rotatable bonds is 5. The van der Waals surface area contributed by atoms with Gasteiger partial charge < -0.3 is 4.74 Å². The van der Waals surface area contributed by atoms with Gasteiger partial charge in [0.15, 0.2) is 17.5 Å². The lowest BCUT2D eigenvalue weighted by atomic mass is 9.85. The van der Waals surface area contributed by atoms with Gasteiger partial charge in [-0.25, -0.2) is 0 Å². The summed E-state index contributed by atoms with van der Waals surface area (Å²) in [5.74, 6) is -0.359. The van der Waals surface area contributed by atoms with Gasteiger partial charge in [0.2, 0.25) is 5.78 Å². The molecule has 2 atom stereocenters. The van der Waals surface area contributed by atoms with Crippen molar-refractivity contribution in [3.05, 3.63) is 108 Å². The minimum Gasteiger partial charge on any atom is -0.343 e. The molecule has 0 aliphatic carbocycles. The number of carbonyl (C=O) groups is 2. The van der Waals surface area contributed by atoms with Crippen LogP contribution in [-0.4, -0.2) is 17.7 Å². The fraction of sp³-hybridized carbons (Fsp3) is 0.0909. The van der Waals surface area contributed by atoms with Crippen molar-refractivity contribution in [3.8, 4) is 0 Å². The smallest absolute Gasteiger partial charge is 0.202 e. The molecule has 0 unspecified atom stereocenters. The van der Waals surface area contributed by atoms with E-state index in [9.17, 15) is 9.59 Å². The first-order valence-electron chi connectivity index (χ1n) is 8.16. The average Bonchev–Trinajstić information content (AvgIpc) is 3.46. The topological polar surface area (TPSA) is 46.7 Å². The van der Waals surface area contributed by atoms with Gasteiger partial charge in [0.1, 0.15) is 0 Å². The second-order valence-electron chi connectivity index (χ2n) is 6.02. The number of hydrogen-bond acceptors (Lipinski definition) is 3. The van der Waals surface area contributed by atoms with E-state index in [2.05, 4.69) is 0 Å². The summed E-state index contributed by atoms with van der Waals surface area (Å²) in [7, 11) is 0. The molecular weight excluding hydrogens is 312 g/mol. The second kappa shape index (κ2) is 6.11. The Labute approximate surface area is 145 Å². The summed E-state index contributed by atoms with van der Waals surface area (Å²) < 4.78 is 5.82. The Morgan fingerprint density at radius 2 is 1.16 bits per heavy atom. The molecule has 0 spiro atoms. The Morgan fingerprint density at radius 1 is 0.680 bits per heavy atom. The normalized spacial score (nSPS) is 21.5. The van der Waals surface area contributed by atoms with Gasteiger partial charge in [-0.2, -0.15) is 0 Å². The molecular formula is C22H16O3. The van der Waals surface area contributed by atoms with Gasteiger partial charge in [-0.15, -0.1) is 0 Å². The summed E-state index contributed by atoms with van der Waals surface area (Å²) in [6.45, 7) is 0. The van der Waals surface area contributed by atoms with Crippen molar-refractivity contribution in [1.82, 2.24) is 0 Å². The lowest BCUT2D eigenvalue weighted by molar-refractivity contribution is 0.0870. The molecule has 3 heteroatoms. The predicted octanol–water partition coefficient (Wildman–Crippen LogP) is 4.05. The molecule has 1 fully saturated rings. The van der Waals surface area contributed by atoms with Gasteiger partial charge in [-0.3, -0.25) is 9.59 Å². The van der Waals surface area contributed by atoms with Crippen LogP contribution in [0.3, 0.4) is 0 Å². The van der Waals surface area contributed by atoms with Crippen LogP contribution in [0.1, 0.15) is 26.3 Å². The molecule has 1 heterocycles. The Morgan fingerprint density at radius 3 is 1.72 bits per heavy atom. The van der Waals surface area contributed by atoms with E-state index in [0.29, 0.717) is 16.7 Å². The molecule has 1 aliphatic heterocycles. The van der Waals surface area contributed by atoms with E-state index >= 15 is 0 Å². The molecule has 122 valence electrons. The molecule has 4 rings (SSSR count). The molecule has 0 N–H and O–H groups in total. The fourth-order valence-electron chi connectivity index (χ4n) is 3.16. The SMILES string of the molecule is O=C(c1ccccc1)[C@@H]1O[C@@]1(C(=O)c1ccccc1)c1ccccc1. The van der Waals surface area contributed by atoms with E-state index in [1.54, 1.807) is 36.4 Å². The number of carbonyl (C=O) groups excluding carboxylic acids is 2. The van der Waals surface area contributed by atoms with E-state index in [1.807, 2.05) is 54.6 Å². The van der Waals surface area contributed by atoms with Crippen molar-refractivity contribution in [2.24, 2.45) is 0 Å². The third-order valence-corrected chi connectivity index (χ3v) is 4.49.